The maximum absolute atomic E-state index is 10.7. The number of hydrogen-bond donors (Lipinski definition) is 1. The summed E-state index contributed by atoms with van der Waals surface area (Å²) in [7, 11) is 0. The van der Waals surface area contributed by atoms with Crippen molar-refractivity contribution < 1.29 is 9.90 Å². The Morgan fingerprint density at radius 3 is 1.57 bits per heavy atom. The average molecular weight is 299 g/mol. The van der Waals surface area contributed by atoms with Crippen molar-refractivity contribution >= 4 is 5.97 Å². The largest absolute Gasteiger partial charge is 0.481 e. The number of rotatable bonds is 16. The van der Waals surface area contributed by atoms with Gasteiger partial charge < -0.3 is 5.11 Å². The van der Waals surface area contributed by atoms with Gasteiger partial charge in [-0.3, -0.25) is 4.79 Å². The molecule has 0 heterocycles. The molecule has 0 aromatic rings. The third-order valence-corrected chi connectivity index (χ3v) is 4.51. The topological polar surface area (TPSA) is 37.3 Å². The Morgan fingerprint density at radius 2 is 1.19 bits per heavy atom. The van der Waals surface area contributed by atoms with E-state index in [0.717, 1.165) is 12.8 Å². The molecule has 1 atom stereocenters. The molecule has 0 spiro atoms. The molecule has 0 radical (unpaired) electrons. The standard InChI is InChI=1S/C19H38O2/c1-3-5-6-7-8-9-10-11-12-13-14-15-16-18(4-2)17-19(20)21/h18H,3-17H2,1-2H3,(H,20,21). The predicted molar refractivity (Wildman–Crippen MR) is 91.7 cm³/mol. The number of carboxylic acids is 1. The number of unbranched alkanes of at least 4 members (excludes halogenated alkanes) is 11. The predicted octanol–water partition coefficient (Wildman–Crippen LogP) is 6.58. The number of aliphatic carboxylic acids is 1. The number of hydrogen-bond acceptors (Lipinski definition) is 1. The molecule has 1 unspecified atom stereocenters. The first-order chi connectivity index (χ1) is 10.2. The first-order valence-corrected chi connectivity index (χ1v) is 9.42. The molecule has 0 aromatic heterocycles. The molecule has 0 rings (SSSR count). The van der Waals surface area contributed by atoms with Gasteiger partial charge >= 0.3 is 5.97 Å². The molecule has 0 fully saturated rings. The highest BCUT2D eigenvalue weighted by molar-refractivity contribution is 5.66. The third kappa shape index (κ3) is 15.7. The first-order valence-electron chi connectivity index (χ1n) is 9.42. The van der Waals surface area contributed by atoms with Crippen LogP contribution in [0, 0.1) is 5.92 Å². The third-order valence-electron chi connectivity index (χ3n) is 4.51. The molecule has 0 aliphatic rings. The van der Waals surface area contributed by atoms with E-state index in [4.69, 9.17) is 5.11 Å². The quantitative estimate of drug-likeness (QED) is 0.327. The zero-order valence-corrected chi connectivity index (χ0v) is 14.5. The smallest absolute Gasteiger partial charge is 0.303 e. The fourth-order valence-corrected chi connectivity index (χ4v) is 2.97. The number of carboxylic acid groups (broad SMARTS) is 1. The Bertz CT molecular complexity index is 226. The Morgan fingerprint density at radius 1 is 0.762 bits per heavy atom. The van der Waals surface area contributed by atoms with Gasteiger partial charge in [-0.05, 0) is 12.3 Å². The fraction of sp³-hybridized carbons (Fsp3) is 0.947. The summed E-state index contributed by atoms with van der Waals surface area (Å²) >= 11 is 0. The summed E-state index contributed by atoms with van der Waals surface area (Å²) in [5, 5.41) is 8.81. The van der Waals surface area contributed by atoms with E-state index in [1.165, 1.54) is 77.0 Å². The van der Waals surface area contributed by atoms with Crippen LogP contribution in [-0.4, -0.2) is 11.1 Å². The summed E-state index contributed by atoms with van der Waals surface area (Å²) in [5.74, 6) is -0.244. The highest BCUT2D eigenvalue weighted by Gasteiger charge is 2.10. The summed E-state index contributed by atoms with van der Waals surface area (Å²) in [6.45, 7) is 4.37. The molecular formula is C19H38O2. The van der Waals surface area contributed by atoms with Crippen LogP contribution in [0.3, 0.4) is 0 Å². The minimum atomic E-state index is -0.638. The number of carbonyl (C=O) groups is 1. The lowest BCUT2D eigenvalue weighted by Gasteiger charge is -2.11. The summed E-state index contributed by atoms with van der Waals surface area (Å²) in [4.78, 5) is 10.7. The van der Waals surface area contributed by atoms with E-state index in [1.54, 1.807) is 0 Å². The lowest BCUT2D eigenvalue weighted by atomic mass is 9.95. The molecule has 126 valence electrons. The fourth-order valence-electron chi connectivity index (χ4n) is 2.97. The van der Waals surface area contributed by atoms with Crippen molar-refractivity contribution in [3.05, 3.63) is 0 Å². The van der Waals surface area contributed by atoms with E-state index in [9.17, 15) is 4.79 Å². The van der Waals surface area contributed by atoms with Crippen molar-refractivity contribution in [3.8, 4) is 0 Å². The summed E-state index contributed by atoms with van der Waals surface area (Å²) in [5.41, 5.74) is 0. The van der Waals surface area contributed by atoms with Crippen LogP contribution in [-0.2, 0) is 4.79 Å². The monoisotopic (exact) mass is 298 g/mol. The van der Waals surface area contributed by atoms with Gasteiger partial charge in [-0.25, -0.2) is 0 Å². The van der Waals surface area contributed by atoms with Crippen LogP contribution in [0.4, 0.5) is 0 Å². The van der Waals surface area contributed by atoms with Gasteiger partial charge in [0, 0.05) is 6.42 Å². The molecule has 0 bridgehead atoms. The lowest BCUT2D eigenvalue weighted by molar-refractivity contribution is -0.138. The summed E-state index contributed by atoms with van der Waals surface area (Å²) in [6.07, 6.45) is 18.9. The van der Waals surface area contributed by atoms with E-state index >= 15 is 0 Å². The van der Waals surface area contributed by atoms with E-state index < -0.39 is 5.97 Å². The second-order valence-electron chi connectivity index (χ2n) is 6.55. The van der Waals surface area contributed by atoms with Crippen LogP contribution >= 0.6 is 0 Å². The molecular weight excluding hydrogens is 260 g/mol. The van der Waals surface area contributed by atoms with Crippen LogP contribution in [0.15, 0.2) is 0 Å². The maximum atomic E-state index is 10.7. The van der Waals surface area contributed by atoms with Crippen molar-refractivity contribution in [2.45, 2.75) is 110 Å². The minimum absolute atomic E-state index is 0.356. The minimum Gasteiger partial charge on any atom is -0.481 e. The SMILES string of the molecule is CCCCCCCCCCCCCCC(CC)CC(=O)O. The Kier molecular flexibility index (Phi) is 15.5. The molecule has 1 N–H and O–H groups in total. The van der Waals surface area contributed by atoms with Gasteiger partial charge in [0.1, 0.15) is 0 Å². The van der Waals surface area contributed by atoms with Gasteiger partial charge in [0.2, 0.25) is 0 Å². The molecule has 0 saturated carbocycles. The Labute approximate surface area is 132 Å². The van der Waals surface area contributed by atoms with Crippen LogP contribution in [0.25, 0.3) is 0 Å². The van der Waals surface area contributed by atoms with Crippen LogP contribution < -0.4 is 0 Å². The summed E-state index contributed by atoms with van der Waals surface area (Å²) in [6, 6.07) is 0. The van der Waals surface area contributed by atoms with Crippen LogP contribution in [0.2, 0.25) is 0 Å². The second-order valence-corrected chi connectivity index (χ2v) is 6.55. The molecule has 0 aliphatic carbocycles. The van der Waals surface area contributed by atoms with E-state index in [-0.39, 0.29) is 0 Å². The Balaban J connectivity index is 3.19. The van der Waals surface area contributed by atoms with Gasteiger partial charge in [-0.15, -0.1) is 0 Å². The highest BCUT2D eigenvalue weighted by Crippen LogP contribution is 2.18. The lowest BCUT2D eigenvalue weighted by Crippen LogP contribution is -2.06. The van der Waals surface area contributed by atoms with Crippen LogP contribution in [0.5, 0.6) is 0 Å². The van der Waals surface area contributed by atoms with Gasteiger partial charge in [-0.1, -0.05) is 97.3 Å². The normalized spacial score (nSPS) is 12.5. The molecule has 21 heavy (non-hydrogen) atoms. The molecule has 2 heteroatoms. The highest BCUT2D eigenvalue weighted by atomic mass is 16.4. The first kappa shape index (κ1) is 20.5. The zero-order chi connectivity index (χ0) is 15.8. The van der Waals surface area contributed by atoms with Crippen molar-refractivity contribution in [1.29, 1.82) is 0 Å². The molecule has 0 aliphatic heterocycles. The van der Waals surface area contributed by atoms with E-state index in [0.29, 0.717) is 12.3 Å². The van der Waals surface area contributed by atoms with Gasteiger partial charge in [-0.2, -0.15) is 0 Å². The van der Waals surface area contributed by atoms with Crippen molar-refractivity contribution in [2.75, 3.05) is 0 Å². The maximum Gasteiger partial charge on any atom is 0.303 e. The van der Waals surface area contributed by atoms with Gasteiger partial charge in [0.25, 0.3) is 0 Å². The molecule has 0 amide bonds. The van der Waals surface area contributed by atoms with E-state index in [2.05, 4.69) is 13.8 Å². The van der Waals surface area contributed by atoms with Gasteiger partial charge in [0.15, 0.2) is 0 Å². The Hall–Kier alpha value is -0.530. The second kappa shape index (κ2) is 15.9. The van der Waals surface area contributed by atoms with Crippen molar-refractivity contribution in [2.24, 2.45) is 5.92 Å². The van der Waals surface area contributed by atoms with E-state index in [1.807, 2.05) is 0 Å². The molecule has 2 nitrogen and oxygen atoms in total. The van der Waals surface area contributed by atoms with Crippen molar-refractivity contribution in [1.82, 2.24) is 0 Å². The average Bonchev–Trinajstić information content (AvgIpc) is 2.46. The van der Waals surface area contributed by atoms with Crippen molar-refractivity contribution in [3.63, 3.8) is 0 Å². The molecule has 0 saturated heterocycles. The van der Waals surface area contributed by atoms with Crippen LogP contribution in [0.1, 0.15) is 110 Å². The molecule has 0 aromatic carbocycles. The summed E-state index contributed by atoms with van der Waals surface area (Å²) < 4.78 is 0. The zero-order valence-electron chi connectivity index (χ0n) is 14.5. The van der Waals surface area contributed by atoms with Gasteiger partial charge in [0.05, 0.1) is 0 Å².